The minimum absolute atomic E-state index is 0.188. The molecule has 0 aromatic heterocycles. The summed E-state index contributed by atoms with van der Waals surface area (Å²) in [5.41, 5.74) is 5.21. The van der Waals surface area contributed by atoms with Crippen molar-refractivity contribution in [3.05, 3.63) is 0 Å². The number of rotatable bonds is 4. The Labute approximate surface area is 54.5 Å². The lowest BCUT2D eigenvalue weighted by Crippen LogP contribution is -2.07. The Morgan fingerprint density at radius 2 is 2.38 bits per heavy atom. The molecule has 0 unspecified atom stereocenters. The van der Waals surface area contributed by atoms with Crippen LogP contribution in [0.5, 0.6) is 0 Å². The summed E-state index contributed by atoms with van der Waals surface area (Å²) in [7, 11) is 0. The molecule has 0 radical (unpaired) electrons. The van der Waals surface area contributed by atoms with Crippen molar-refractivity contribution >= 4 is 11.8 Å². The highest BCUT2D eigenvalue weighted by molar-refractivity contribution is 7.99. The highest BCUT2D eigenvalue weighted by Crippen LogP contribution is 1.99. The predicted octanol–water partition coefficient (Wildman–Crippen LogP) is 0.0591. The molecule has 8 heavy (non-hydrogen) atoms. The van der Waals surface area contributed by atoms with Gasteiger partial charge in [0.05, 0.1) is 6.10 Å². The van der Waals surface area contributed by atoms with E-state index in [1.807, 2.05) is 0 Å². The van der Waals surface area contributed by atoms with E-state index in [-0.39, 0.29) is 6.10 Å². The summed E-state index contributed by atoms with van der Waals surface area (Å²) in [4.78, 5) is 0. The Morgan fingerprint density at radius 1 is 1.75 bits per heavy atom. The summed E-state index contributed by atoms with van der Waals surface area (Å²) in [6, 6.07) is 0. The van der Waals surface area contributed by atoms with Gasteiger partial charge in [0, 0.05) is 18.1 Å². The highest BCUT2D eigenvalue weighted by atomic mass is 32.2. The third-order valence-corrected chi connectivity index (χ3v) is 1.86. The summed E-state index contributed by atoms with van der Waals surface area (Å²) in [5.74, 6) is 1.75. The van der Waals surface area contributed by atoms with E-state index in [1.54, 1.807) is 18.7 Å². The second-order valence-electron chi connectivity index (χ2n) is 1.71. The van der Waals surface area contributed by atoms with E-state index in [2.05, 4.69) is 0 Å². The molecule has 0 saturated heterocycles. The standard InChI is InChI=1S/C5H13NOS/c1-5(7)4-8-3-2-6/h5,7H,2-4,6H2,1H3/t5-/m0/s1. The first-order valence-electron chi connectivity index (χ1n) is 2.73. The normalized spacial score (nSPS) is 13.9. The zero-order valence-corrected chi connectivity index (χ0v) is 5.95. The molecule has 0 heterocycles. The fourth-order valence-corrected chi connectivity index (χ4v) is 1.01. The van der Waals surface area contributed by atoms with Gasteiger partial charge in [0.1, 0.15) is 0 Å². The zero-order chi connectivity index (χ0) is 6.41. The van der Waals surface area contributed by atoms with E-state index in [1.165, 1.54) is 0 Å². The zero-order valence-electron chi connectivity index (χ0n) is 5.13. The van der Waals surface area contributed by atoms with Crippen LogP contribution in [0.2, 0.25) is 0 Å². The van der Waals surface area contributed by atoms with E-state index in [0.717, 1.165) is 11.5 Å². The van der Waals surface area contributed by atoms with E-state index in [4.69, 9.17) is 10.8 Å². The molecule has 3 heteroatoms. The third-order valence-electron chi connectivity index (χ3n) is 0.621. The smallest absolute Gasteiger partial charge is 0.0602 e. The minimum atomic E-state index is -0.188. The SMILES string of the molecule is C[C@H](O)CSCCN. The maximum atomic E-state index is 8.72. The molecule has 3 N–H and O–H groups in total. The second kappa shape index (κ2) is 5.41. The van der Waals surface area contributed by atoms with Gasteiger partial charge in [-0.2, -0.15) is 11.8 Å². The van der Waals surface area contributed by atoms with Crippen LogP contribution >= 0.6 is 11.8 Å². The molecule has 0 saturated carbocycles. The van der Waals surface area contributed by atoms with Gasteiger partial charge in [0.15, 0.2) is 0 Å². The molecule has 0 spiro atoms. The number of aliphatic hydroxyl groups excluding tert-OH is 1. The van der Waals surface area contributed by atoms with Gasteiger partial charge in [-0.1, -0.05) is 0 Å². The van der Waals surface area contributed by atoms with Gasteiger partial charge in [-0.15, -0.1) is 0 Å². The largest absolute Gasteiger partial charge is 0.393 e. The van der Waals surface area contributed by atoms with Crippen molar-refractivity contribution in [3.63, 3.8) is 0 Å². The molecule has 50 valence electrons. The monoisotopic (exact) mass is 135 g/mol. The van der Waals surface area contributed by atoms with E-state index >= 15 is 0 Å². The highest BCUT2D eigenvalue weighted by Gasteiger charge is 1.92. The summed E-state index contributed by atoms with van der Waals surface area (Å²) >= 11 is 1.69. The molecule has 0 aliphatic heterocycles. The van der Waals surface area contributed by atoms with Crippen LogP contribution in [0.25, 0.3) is 0 Å². The van der Waals surface area contributed by atoms with E-state index in [9.17, 15) is 0 Å². The minimum Gasteiger partial charge on any atom is -0.393 e. The molecule has 0 bridgehead atoms. The van der Waals surface area contributed by atoms with Crippen molar-refractivity contribution in [1.29, 1.82) is 0 Å². The Morgan fingerprint density at radius 3 is 2.75 bits per heavy atom. The van der Waals surface area contributed by atoms with Crippen LogP contribution in [0.4, 0.5) is 0 Å². The lowest BCUT2D eigenvalue weighted by atomic mass is 10.5. The number of nitrogens with two attached hydrogens (primary N) is 1. The third kappa shape index (κ3) is 6.27. The quantitative estimate of drug-likeness (QED) is 0.536. The van der Waals surface area contributed by atoms with Gasteiger partial charge < -0.3 is 10.8 Å². The summed E-state index contributed by atoms with van der Waals surface area (Å²) in [5, 5.41) is 8.72. The van der Waals surface area contributed by atoms with Crippen molar-refractivity contribution in [2.45, 2.75) is 13.0 Å². The van der Waals surface area contributed by atoms with Crippen molar-refractivity contribution < 1.29 is 5.11 Å². The summed E-state index contributed by atoms with van der Waals surface area (Å²) in [6.07, 6.45) is -0.188. The Kier molecular flexibility index (Phi) is 5.59. The first-order chi connectivity index (χ1) is 3.77. The van der Waals surface area contributed by atoms with Crippen LogP contribution in [0.3, 0.4) is 0 Å². The van der Waals surface area contributed by atoms with Gasteiger partial charge in [-0.05, 0) is 6.92 Å². The number of hydrogen-bond acceptors (Lipinski definition) is 3. The molecule has 0 amide bonds. The van der Waals surface area contributed by atoms with Crippen LogP contribution in [0.1, 0.15) is 6.92 Å². The molecule has 2 nitrogen and oxygen atoms in total. The Balaban J connectivity index is 2.72. The first kappa shape index (κ1) is 8.27. The van der Waals surface area contributed by atoms with Crippen LogP contribution in [-0.4, -0.2) is 29.3 Å². The van der Waals surface area contributed by atoms with Crippen LogP contribution in [-0.2, 0) is 0 Å². The average Bonchev–Trinajstić information content (AvgIpc) is 1.66. The first-order valence-corrected chi connectivity index (χ1v) is 3.88. The van der Waals surface area contributed by atoms with E-state index < -0.39 is 0 Å². The summed E-state index contributed by atoms with van der Waals surface area (Å²) in [6.45, 7) is 2.49. The average molecular weight is 135 g/mol. The molecule has 1 atom stereocenters. The van der Waals surface area contributed by atoms with Gasteiger partial charge in [-0.3, -0.25) is 0 Å². The van der Waals surface area contributed by atoms with Gasteiger partial charge in [-0.25, -0.2) is 0 Å². The molecular formula is C5H13NOS. The number of aliphatic hydroxyl groups is 1. The molecule has 0 aromatic rings. The van der Waals surface area contributed by atoms with Crippen LogP contribution < -0.4 is 5.73 Å². The fraction of sp³-hybridized carbons (Fsp3) is 1.00. The van der Waals surface area contributed by atoms with Crippen molar-refractivity contribution in [2.24, 2.45) is 5.73 Å². The molecule has 0 fully saturated rings. The van der Waals surface area contributed by atoms with E-state index in [0.29, 0.717) is 6.54 Å². The molecule has 0 rings (SSSR count). The Bertz CT molecular complexity index is 49.7. The molecular weight excluding hydrogens is 122 g/mol. The molecule has 0 aliphatic rings. The maximum Gasteiger partial charge on any atom is 0.0602 e. The van der Waals surface area contributed by atoms with Gasteiger partial charge in [0.25, 0.3) is 0 Å². The molecule has 0 aliphatic carbocycles. The second-order valence-corrected chi connectivity index (χ2v) is 2.86. The fourth-order valence-electron chi connectivity index (χ4n) is 0.337. The van der Waals surface area contributed by atoms with Crippen LogP contribution in [0, 0.1) is 0 Å². The lowest BCUT2D eigenvalue weighted by molar-refractivity contribution is 0.220. The predicted molar refractivity (Wildman–Crippen MR) is 38.1 cm³/mol. The number of hydrogen-bond donors (Lipinski definition) is 2. The topological polar surface area (TPSA) is 46.2 Å². The van der Waals surface area contributed by atoms with Crippen molar-refractivity contribution in [2.75, 3.05) is 18.1 Å². The van der Waals surface area contributed by atoms with Gasteiger partial charge >= 0.3 is 0 Å². The maximum absolute atomic E-state index is 8.72. The summed E-state index contributed by atoms with van der Waals surface area (Å²) < 4.78 is 0. The Hall–Kier alpha value is 0.270. The lowest BCUT2D eigenvalue weighted by Gasteiger charge is -2.00. The van der Waals surface area contributed by atoms with Crippen molar-refractivity contribution in [1.82, 2.24) is 0 Å². The number of thioether (sulfide) groups is 1. The van der Waals surface area contributed by atoms with Gasteiger partial charge in [0.2, 0.25) is 0 Å². The van der Waals surface area contributed by atoms with Crippen molar-refractivity contribution in [3.8, 4) is 0 Å². The van der Waals surface area contributed by atoms with Crippen LogP contribution in [0.15, 0.2) is 0 Å². The molecule has 0 aromatic carbocycles.